The van der Waals surface area contributed by atoms with E-state index in [0.717, 1.165) is 23.4 Å². The maximum Gasteiger partial charge on any atom is 0.259 e. The molecule has 4 aromatic heterocycles. The maximum atomic E-state index is 13.2. The molecule has 1 atom stereocenters. The predicted octanol–water partition coefficient (Wildman–Crippen LogP) is 2.41. The highest BCUT2D eigenvalue weighted by atomic mass is 16.5. The van der Waals surface area contributed by atoms with Crippen LogP contribution in [-0.2, 0) is 0 Å². The Hall–Kier alpha value is -3.75. The smallest absolute Gasteiger partial charge is 0.259 e. The van der Waals surface area contributed by atoms with E-state index < -0.39 is 0 Å². The first-order valence-corrected chi connectivity index (χ1v) is 9.42. The van der Waals surface area contributed by atoms with E-state index in [9.17, 15) is 4.79 Å². The number of amides is 1. The number of rotatable bonds is 4. The second-order valence-corrected chi connectivity index (χ2v) is 7.03. The summed E-state index contributed by atoms with van der Waals surface area (Å²) in [5.74, 6) is 1.21. The quantitative estimate of drug-likeness (QED) is 0.572. The van der Waals surface area contributed by atoms with Gasteiger partial charge in [-0.3, -0.25) is 9.78 Å². The van der Waals surface area contributed by atoms with Crippen LogP contribution >= 0.6 is 0 Å². The Bertz CT molecular complexity index is 1170. The van der Waals surface area contributed by atoms with Crippen LogP contribution in [0.3, 0.4) is 0 Å². The molecule has 1 saturated heterocycles. The number of hydrogen-bond acceptors (Lipinski definition) is 7. The summed E-state index contributed by atoms with van der Waals surface area (Å²) in [5.41, 5.74) is 2.67. The topological polar surface area (TPSA) is 101 Å². The van der Waals surface area contributed by atoms with Crippen molar-refractivity contribution in [1.82, 2.24) is 29.6 Å². The van der Waals surface area contributed by atoms with E-state index in [1.165, 1.54) is 0 Å². The lowest BCUT2D eigenvalue weighted by atomic mass is 10.1. The molecule has 1 fully saturated rings. The predicted molar refractivity (Wildman–Crippen MR) is 105 cm³/mol. The van der Waals surface area contributed by atoms with E-state index in [1.807, 2.05) is 29.2 Å². The fourth-order valence-electron chi connectivity index (χ4n) is 3.65. The van der Waals surface area contributed by atoms with Gasteiger partial charge in [-0.1, -0.05) is 5.16 Å². The van der Waals surface area contributed by atoms with Gasteiger partial charge in [-0.05, 0) is 37.6 Å². The summed E-state index contributed by atoms with van der Waals surface area (Å²) in [5, 5.41) is 12.0. The highest BCUT2D eigenvalue weighted by molar-refractivity contribution is 6.01. The van der Waals surface area contributed by atoms with Crippen LogP contribution in [0.5, 0.6) is 0 Å². The fourth-order valence-corrected chi connectivity index (χ4v) is 3.65. The Balaban J connectivity index is 1.33. The molecule has 29 heavy (non-hydrogen) atoms. The average Bonchev–Trinajstić information content (AvgIpc) is 3.47. The van der Waals surface area contributed by atoms with Gasteiger partial charge in [0, 0.05) is 49.5 Å². The van der Waals surface area contributed by atoms with Gasteiger partial charge in [0.1, 0.15) is 22.8 Å². The summed E-state index contributed by atoms with van der Waals surface area (Å²) in [4.78, 5) is 23.3. The third-order valence-corrected chi connectivity index (χ3v) is 5.11. The molecule has 0 unspecified atom stereocenters. The molecule has 4 aromatic rings. The van der Waals surface area contributed by atoms with Gasteiger partial charge in [-0.25, -0.2) is 9.50 Å². The Labute approximate surface area is 166 Å². The molecule has 0 radical (unpaired) electrons. The third kappa shape index (κ3) is 3.20. The van der Waals surface area contributed by atoms with Crippen LogP contribution in [0.1, 0.15) is 22.5 Å². The van der Waals surface area contributed by atoms with Crippen LogP contribution in [0.4, 0.5) is 5.82 Å². The summed E-state index contributed by atoms with van der Waals surface area (Å²) in [7, 11) is 0. The summed E-state index contributed by atoms with van der Waals surface area (Å²) in [6.45, 7) is 3.01. The second kappa shape index (κ2) is 7.01. The molecule has 1 amide bonds. The van der Waals surface area contributed by atoms with E-state index >= 15 is 0 Å². The molecule has 0 saturated carbocycles. The highest BCUT2D eigenvalue weighted by Gasteiger charge is 2.31. The van der Waals surface area contributed by atoms with Crippen molar-refractivity contribution in [2.24, 2.45) is 0 Å². The molecule has 0 bridgehead atoms. The van der Waals surface area contributed by atoms with E-state index in [4.69, 9.17) is 4.52 Å². The van der Waals surface area contributed by atoms with Gasteiger partial charge in [0.15, 0.2) is 5.65 Å². The van der Waals surface area contributed by atoms with Gasteiger partial charge < -0.3 is 14.7 Å². The summed E-state index contributed by atoms with van der Waals surface area (Å²) >= 11 is 0. The molecule has 5 rings (SSSR count). The van der Waals surface area contributed by atoms with Crippen LogP contribution in [0.2, 0.25) is 0 Å². The van der Waals surface area contributed by atoms with Crippen molar-refractivity contribution in [2.45, 2.75) is 19.4 Å². The number of anilines is 1. The van der Waals surface area contributed by atoms with Crippen LogP contribution in [0.25, 0.3) is 16.9 Å². The van der Waals surface area contributed by atoms with Gasteiger partial charge in [0.05, 0.1) is 0 Å². The van der Waals surface area contributed by atoms with E-state index in [0.29, 0.717) is 30.1 Å². The zero-order valence-electron chi connectivity index (χ0n) is 15.8. The van der Waals surface area contributed by atoms with Crippen LogP contribution in [-0.4, -0.2) is 54.7 Å². The van der Waals surface area contributed by atoms with Gasteiger partial charge in [0.25, 0.3) is 5.91 Å². The first-order valence-electron chi connectivity index (χ1n) is 9.42. The molecule has 146 valence electrons. The Morgan fingerprint density at radius 2 is 2.07 bits per heavy atom. The number of aromatic nitrogens is 5. The molecule has 5 heterocycles. The number of likely N-dealkylation sites (tertiary alicyclic amines) is 1. The first kappa shape index (κ1) is 17.4. The number of aryl methyl sites for hydroxylation is 1. The lowest BCUT2D eigenvalue weighted by molar-refractivity contribution is 0.0790. The number of fused-ring (bicyclic) bond motifs is 1. The highest BCUT2D eigenvalue weighted by Crippen LogP contribution is 2.27. The number of nitrogens with one attached hydrogen (secondary N) is 1. The molecule has 0 spiro atoms. The summed E-state index contributed by atoms with van der Waals surface area (Å²) in [6, 6.07) is 7.57. The third-order valence-electron chi connectivity index (χ3n) is 5.11. The zero-order chi connectivity index (χ0) is 19.8. The monoisotopic (exact) mass is 389 g/mol. The van der Waals surface area contributed by atoms with Gasteiger partial charge in [0.2, 0.25) is 0 Å². The van der Waals surface area contributed by atoms with Crippen molar-refractivity contribution < 1.29 is 9.32 Å². The molecule has 9 heteroatoms. The van der Waals surface area contributed by atoms with Crippen molar-refractivity contribution in [3.8, 4) is 11.3 Å². The number of nitrogens with zero attached hydrogens (tertiary/aromatic N) is 6. The van der Waals surface area contributed by atoms with Crippen molar-refractivity contribution in [2.75, 3.05) is 18.4 Å². The fraction of sp³-hybridized carbons (Fsp3) is 0.250. The largest absolute Gasteiger partial charge is 0.364 e. The normalized spacial score (nSPS) is 16.4. The van der Waals surface area contributed by atoms with Crippen molar-refractivity contribution >= 4 is 17.4 Å². The van der Waals surface area contributed by atoms with Crippen molar-refractivity contribution in [3.63, 3.8) is 0 Å². The molecule has 1 N–H and O–H groups in total. The minimum absolute atomic E-state index is 0.0714. The van der Waals surface area contributed by atoms with Crippen molar-refractivity contribution in [1.29, 1.82) is 0 Å². The number of carbonyl (C=O) groups is 1. The lowest BCUT2D eigenvalue weighted by Gasteiger charge is -2.17. The zero-order valence-corrected chi connectivity index (χ0v) is 15.8. The van der Waals surface area contributed by atoms with Gasteiger partial charge in [-0.15, -0.1) is 5.10 Å². The number of hydrogen-bond donors (Lipinski definition) is 1. The Kier molecular flexibility index (Phi) is 4.19. The summed E-state index contributed by atoms with van der Waals surface area (Å²) < 4.78 is 7.06. The molecule has 1 aliphatic heterocycles. The van der Waals surface area contributed by atoms with E-state index in [-0.39, 0.29) is 11.9 Å². The lowest BCUT2D eigenvalue weighted by Crippen LogP contribution is -2.32. The van der Waals surface area contributed by atoms with Gasteiger partial charge in [-0.2, -0.15) is 0 Å². The molecule has 0 aliphatic carbocycles. The summed E-state index contributed by atoms with van der Waals surface area (Å²) in [6.07, 6.45) is 7.70. The minimum atomic E-state index is -0.0714. The number of carbonyl (C=O) groups excluding carboxylic acids is 1. The molecular weight excluding hydrogens is 370 g/mol. The Morgan fingerprint density at radius 3 is 2.93 bits per heavy atom. The van der Waals surface area contributed by atoms with Crippen LogP contribution < -0.4 is 5.32 Å². The second-order valence-electron chi connectivity index (χ2n) is 7.03. The van der Waals surface area contributed by atoms with E-state index in [1.54, 1.807) is 36.2 Å². The van der Waals surface area contributed by atoms with Crippen LogP contribution in [0.15, 0.2) is 53.6 Å². The standard InChI is InChI=1S/C20H19N7O2/c1-13-18(19(25-29-13)14-4-7-21-8-5-14)20(28)26-10-6-15(12-26)23-16-2-3-17-22-9-11-27(17)24-16/h2-5,7-9,11,15H,6,10,12H2,1H3,(H,23,24)/t15-/m1/s1. The molecule has 0 aromatic carbocycles. The first-order chi connectivity index (χ1) is 14.2. The maximum absolute atomic E-state index is 13.2. The molecule has 1 aliphatic rings. The minimum Gasteiger partial charge on any atom is -0.364 e. The van der Waals surface area contributed by atoms with E-state index in [2.05, 4.69) is 25.5 Å². The van der Waals surface area contributed by atoms with Gasteiger partial charge >= 0.3 is 0 Å². The number of imidazole rings is 1. The average molecular weight is 389 g/mol. The van der Waals surface area contributed by atoms with Crippen molar-refractivity contribution in [3.05, 3.63) is 60.4 Å². The molecule has 9 nitrogen and oxygen atoms in total. The molecular formula is C20H19N7O2. The van der Waals surface area contributed by atoms with Crippen LogP contribution in [0, 0.1) is 6.92 Å². The number of pyridine rings is 1. The SMILES string of the molecule is Cc1onc(-c2ccncc2)c1C(=O)N1CC[C@@H](Nc2ccc3nccn3n2)C1. The Morgan fingerprint density at radius 1 is 1.21 bits per heavy atom.